The fourth-order valence-corrected chi connectivity index (χ4v) is 9.11. The molecule has 46 heavy (non-hydrogen) atoms. The molecule has 0 spiro atoms. The summed E-state index contributed by atoms with van der Waals surface area (Å²) in [5.41, 5.74) is 9.69. The van der Waals surface area contributed by atoms with Gasteiger partial charge in [0.25, 0.3) is 0 Å². The molecule has 0 N–H and O–H groups in total. The smallest absolute Gasteiger partial charge is 0.207 e. The van der Waals surface area contributed by atoms with Crippen LogP contribution in [0.4, 0.5) is 5.69 Å². The standard InChI is InChI=1S/C42H29NO2S/c1-2-37-41-36-19-18-32(25-40(36)46(44,45)39-13-7-12-38(43-37)42(39)41)35-23-33(30-16-14-26-8-3-5-10-28(26)20-30)22-34(24-35)31-17-15-27-9-4-6-11-29(27)21-31/h3-25,41H,2H2,1H3. The number of sulfone groups is 1. The molecule has 1 unspecified atom stereocenters. The minimum atomic E-state index is -3.73. The summed E-state index contributed by atoms with van der Waals surface area (Å²) >= 11 is 0. The Morgan fingerprint density at radius 1 is 0.522 bits per heavy atom. The van der Waals surface area contributed by atoms with E-state index in [0.29, 0.717) is 9.79 Å². The van der Waals surface area contributed by atoms with Crippen LogP contribution < -0.4 is 0 Å². The van der Waals surface area contributed by atoms with Crippen molar-refractivity contribution in [1.29, 1.82) is 0 Å². The van der Waals surface area contributed by atoms with E-state index in [2.05, 4.69) is 116 Å². The van der Waals surface area contributed by atoms with Crippen LogP contribution in [0, 0.1) is 0 Å². The molecule has 4 heteroatoms. The summed E-state index contributed by atoms with van der Waals surface area (Å²) in [6.07, 6.45) is 0.767. The zero-order valence-electron chi connectivity index (χ0n) is 25.2. The van der Waals surface area contributed by atoms with Crippen molar-refractivity contribution >= 4 is 42.8 Å². The lowest BCUT2D eigenvalue weighted by Gasteiger charge is -2.26. The zero-order chi connectivity index (χ0) is 31.0. The van der Waals surface area contributed by atoms with E-state index >= 15 is 0 Å². The normalized spacial score (nSPS) is 15.8. The van der Waals surface area contributed by atoms with Gasteiger partial charge in [0.1, 0.15) is 0 Å². The van der Waals surface area contributed by atoms with Gasteiger partial charge < -0.3 is 0 Å². The molecule has 7 aromatic rings. The fourth-order valence-electron chi connectivity index (χ4n) is 7.33. The topological polar surface area (TPSA) is 46.5 Å². The van der Waals surface area contributed by atoms with Gasteiger partial charge in [-0.05, 0) is 115 Å². The van der Waals surface area contributed by atoms with Gasteiger partial charge in [-0.2, -0.15) is 0 Å². The molecule has 9 rings (SSSR count). The van der Waals surface area contributed by atoms with Gasteiger partial charge in [0.15, 0.2) is 0 Å². The predicted octanol–water partition coefficient (Wildman–Crippen LogP) is 10.8. The zero-order valence-corrected chi connectivity index (χ0v) is 26.1. The maximum absolute atomic E-state index is 14.2. The first-order chi connectivity index (χ1) is 22.5. The van der Waals surface area contributed by atoms with Crippen molar-refractivity contribution < 1.29 is 8.42 Å². The van der Waals surface area contributed by atoms with Gasteiger partial charge in [0.05, 0.1) is 21.4 Å². The summed E-state index contributed by atoms with van der Waals surface area (Å²) in [6, 6.07) is 48.0. The average molecular weight is 612 g/mol. The molecule has 7 aromatic carbocycles. The molecular weight excluding hydrogens is 583 g/mol. The van der Waals surface area contributed by atoms with Crippen molar-refractivity contribution in [3.8, 4) is 33.4 Å². The van der Waals surface area contributed by atoms with Crippen LogP contribution in [0.1, 0.15) is 30.4 Å². The molecule has 3 nitrogen and oxygen atoms in total. The highest BCUT2D eigenvalue weighted by Gasteiger charge is 2.41. The SMILES string of the molecule is CCC1=Nc2cccc3c2C1c1ccc(-c2cc(-c4ccc5ccccc5c4)cc(-c4ccc5ccccc5c4)c2)cc1S3(=O)=O. The number of fused-ring (bicyclic) bond motifs is 4. The molecule has 0 radical (unpaired) electrons. The van der Waals surface area contributed by atoms with Crippen LogP contribution in [0.3, 0.4) is 0 Å². The van der Waals surface area contributed by atoms with Crippen LogP contribution >= 0.6 is 0 Å². The summed E-state index contributed by atoms with van der Waals surface area (Å²) in [6.45, 7) is 2.09. The first kappa shape index (κ1) is 27.0. The maximum atomic E-state index is 14.2. The first-order valence-electron chi connectivity index (χ1n) is 15.7. The van der Waals surface area contributed by atoms with Crippen LogP contribution in [0.5, 0.6) is 0 Å². The fraction of sp³-hybridized carbons (Fsp3) is 0.0714. The van der Waals surface area contributed by atoms with E-state index in [1.807, 2.05) is 24.3 Å². The molecule has 0 aromatic heterocycles. The molecule has 2 heterocycles. The molecular formula is C42H29NO2S. The molecule has 1 atom stereocenters. The van der Waals surface area contributed by atoms with Gasteiger partial charge in [-0.1, -0.05) is 97.9 Å². The Labute approximate surface area is 268 Å². The quantitative estimate of drug-likeness (QED) is 0.199. The third-order valence-electron chi connectivity index (χ3n) is 9.63. The molecule has 0 bridgehead atoms. The van der Waals surface area contributed by atoms with E-state index in [1.165, 1.54) is 21.5 Å². The largest absolute Gasteiger partial charge is 0.256 e. The maximum Gasteiger partial charge on any atom is 0.207 e. The molecule has 0 aliphatic carbocycles. The minimum absolute atomic E-state index is 0.124. The van der Waals surface area contributed by atoms with Crippen molar-refractivity contribution in [2.45, 2.75) is 29.1 Å². The van der Waals surface area contributed by atoms with E-state index < -0.39 is 9.84 Å². The van der Waals surface area contributed by atoms with Gasteiger partial charge >= 0.3 is 0 Å². The Kier molecular flexibility index (Phi) is 5.93. The number of hydrogen-bond acceptors (Lipinski definition) is 3. The highest BCUT2D eigenvalue weighted by atomic mass is 32.2. The number of nitrogens with zero attached hydrogens (tertiary/aromatic N) is 1. The summed E-state index contributed by atoms with van der Waals surface area (Å²) < 4.78 is 28.3. The van der Waals surface area contributed by atoms with Crippen LogP contribution in [-0.4, -0.2) is 14.1 Å². The average Bonchev–Trinajstić information content (AvgIpc) is 3.49. The Hall–Kier alpha value is -5.32. The van der Waals surface area contributed by atoms with E-state index in [9.17, 15) is 8.42 Å². The summed E-state index contributed by atoms with van der Waals surface area (Å²) in [5.74, 6) is -0.124. The third kappa shape index (κ3) is 4.10. The third-order valence-corrected chi connectivity index (χ3v) is 11.5. The van der Waals surface area contributed by atoms with E-state index in [1.54, 1.807) is 6.07 Å². The molecule has 220 valence electrons. The summed E-state index contributed by atoms with van der Waals surface area (Å²) in [7, 11) is -3.73. The van der Waals surface area contributed by atoms with Gasteiger partial charge in [-0.15, -0.1) is 0 Å². The van der Waals surface area contributed by atoms with Crippen molar-refractivity contribution in [3.63, 3.8) is 0 Å². The second-order valence-corrected chi connectivity index (χ2v) is 14.1. The molecule has 0 saturated heterocycles. The van der Waals surface area contributed by atoms with Crippen molar-refractivity contribution in [2.75, 3.05) is 0 Å². The van der Waals surface area contributed by atoms with E-state index in [4.69, 9.17) is 4.99 Å². The van der Waals surface area contributed by atoms with Gasteiger partial charge in [0, 0.05) is 11.3 Å². The predicted molar refractivity (Wildman–Crippen MR) is 189 cm³/mol. The lowest BCUT2D eigenvalue weighted by atomic mass is 9.85. The van der Waals surface area contributed by atoms with Gasteiger partial charge in [-0.25, -0.2) is 8.42 Å². The second-order valence-electron chi connectivity index (χ2n) is 12.3. The number of benzene rings is 7. The number of rotatable bonds is 4. The minimum Gasteiger partial charge on any atom is -0.256 e. The Bertz CT molecular complexity index is 2450. The van der Waals surface area contributed by atoms with Crippen LogP contribution in [0.2, 0.25) is 0 Å². The lowest BCUT2D eigenvalue weighted by Crippen LogP contribution is -2.21. The van der Waals surface area contributed by atoms with E-state index in [-0.39, 0.29) is 5.92 Å². The van der Waals surface area contributed by atoms with Crippen molar-refractivity contribution in [1.82, 2.24) is 0 Å². The highest BCUT2D eigenvalue weighted by molar-refractivity contribution is 7.91. The monoisotopic (exact) mass is 611 g/mol. The molecule has 0 fully saturated rings. The Balaban J connectivity index is 1.25. The molecule has 2 aliphatic rings. The highest BCUT2D eigenvalue weighted by Crippen LogP contribution is 2.51. The van der Waals surface area contributed by atoms with Crippen LogP contribution in [-0.2, 0) is 9.84 Å². The lowest BCUT2D eigenvalue weighted by molar-refractivity contribution is 0.591. The first-order valence-corrected chi connectivity index (χ1v) is 17.2. The summed E-state index contributed by atoms with van der Waals surface area (Å²) in [5, 5.41) is 4.76. The Morgan fingerprint density at radius 3 is 1.65 bits per heavy atom. The van der Waals surface area contributed by atoms with Crippen molar-refractivity contribution in [2.24, 2.45) is 4.99 Å². The van der Waals surface area contributed by atoms with Crippen molar-refractivity contribution in [3.05, 3.63) is 151 Å². The number of aliphatic imine (C=N–C) groups is 1. The van der Waals surface area contributed by atoms with Crippen LogP contribution in [0.25, 0.3) is 54.9 Å². The molecule has 2 aliphatic heterocycles. The second kappa shape index (κ2) is 10.1. The van der Waals surface area contributed by atoms with E-state index in [0.717, 1.165) is 62.3 Å². The number of hydrogen-bond donors (Lipinski definition) is 0. The molecule has 0 saturated carbocycles. The van der Waals surface area contributed by atoms with Gasteiger partial charge in [-0.3, -0.25) is 4.99 Å². The molecule has 0 amide bonds. The summed E-state index contributed by atoms with van der Waals surface area (Å²) in [4.78, 5) is 5.62. The van der Waals surface area contributed by atoms with Crippen LogP contribution in [0.15, 0.2) is 154 Å². The van der Waals surface area contributed by atoms with Gasteiger partial charge in [0.2, 0.25) is 9.84 Å². The Morgan fingerprint density at radius 2 is 1.07 bits per heavy atom.